The van der Waals surface area contributed by atoms with Crippen LogP contribution in [0.25, 0.3) is 0 Å². The minimum absolute atomic E-state index is 0.0363. The highest BCUT2D eigenvalue weighted by Gasteiger charge is 2.15. The molecule has 1 rings (SSSR count). The van der Waals surface area contributed by atoms with Crippen LogP contribution < -0.4 is 10.6 Å². The second-order valence-electron chi connectivity index (χ2n) is 5.36. The van der Waals surface area contributed by atoms with E-state index in [1.165, 1.54) is 12.8 Å². The molecule has 0 spiro atoms. The number of aliphatic carboxylic acids is 1. The Bertz CT molecular complexity index is 288. The fourth-order valence-corrected chi connectivity index (χ4v) is 2.43. The third kappa shape index (κ3) is 7.15. The molecule has 5 heteroatoms. The third-order valence-corrected chi connectivity index (χ3v) is 3.76. The number of carboxylic acids is 1. The Labute approximate surface area is 115 Å². The Kier molecular flexibility index (Phi) is 7.48. The van der Waals surface area contributed by atoms with Crippen LogP contribution in [0.1, 0.15) is 51.9 Å². The molecule has 0 aliphatic carbocycles. The summed E-state index contributed by atoms with van der Waals surface area (Å²) in [5, 5.41) is 15.0. The van der Waals surface area contributed by atoms with Gasteiger partial charge in [-0.1, -0.05) is 19.8 Å². The van der Waals surface area contributed by atoms with Gasteiger partial charge >= 0.3 is 5.97 Å². The third-order valence-electron chi connectivity index (χ3n) is 3.76. The van der Waals surface area contributed by atoms with Crippen LogP contribution in [0.3, 0.4) is 0 Å². The van der Waals surface area contributed by atoms with E-state index in [9.17, 15) is 9.59 Å². The first kappa shape index (κ1) is 16.0. The minimum Gasteiger partial charge on any atom is -0.481 e. The summed E-state index contributed by atoms with van der Waals surface area (Å²) < 4.78 is 0. The monoisotopic (exact) mass is 270 g/mol. The first-order chi connectivity index (χ1) is 9.11. The average molecular weight is 270 g/mol. The number of carboxylic acid groups (broad SMARTS) is 1. The maximum atomic E-state index is 11.7. The summed E-state index contributed by atoms with van der Waals surface area (Å²) in [4.78, 5) is 22.3. The van der Waals surface area contributed by atoms with E-state index < -0.39 is 5.97 Å². The quantitative estimate of drug-likeness (QED) is 0.625. The molecule has 0 aromatic heterocycles. The summed E-state index contributed by atoms with van der Waals surface area (Å²) in [5.74, 6) is -0.724. The number of hydrogen-bond donors (Lipinski definition) is 3. The molecule has 19 heavy (non-hydrogen) atoms. The molecule has 110 valence electrons. The van der Waals surface area contributed by atoms with Gasteiger partial charge in [-0.25, -0.2) is 0 Å². The van der Waals surface area contributed by atoms with Crippen LogP contribution in [-0.2, 0) is 9.59 Å². The SMILES string of the molecule is CCC(CNC(=O)CCC1CCCCN1)CC(=O)O. The van der Waals surface area contributed by atoms with E-state index in [4.69, 9.17) is 5.11 Å². The summed E-state index contributed by atoms with van der Waals surface area (Å²) in [6.07, 6.45) is 5.94. The lowest BCUT2D eigenvalue weighted by Crippen LogP contribution is -2.36. The van der Waals surface area contributed by atoms with Gasteiger partial charge in [0.25, 0.3) is 0 Å². The number of piperidine rings is 1. The predicted molar refractivity (Wildman–Crippen MR) is 73.9 cm³/mol. The molecular weight excluding hydrogens is 244 g/mol. The molecule has 5 nitrogen and oxygen atoms in total. The zero-order valence-electron chi connectivity index (χ0n) is 11.8. The molecule has 3 N–H and O–H groups in total. The van der Waals surface area contributed by atoms with Crippen LogP contribution in [0.2, 0.25) is 0 Å². The van der Waals surface area contributed by atoms with Crippen LogP contribution in [-0.4, -0.2) is 36.1 Å². The lowest BCUT2D eigenvalue weighted by molar-refractivity contribution is -0.138. The summed E-state index contributed by atoms with van der Waals surface area (Å²) >= 11 is 0. The van der Waals surface area contributed by atoms with E-state index in [0.717, 1.165) is 25.8 Å². The van der Waals surface area contributed by atoms with E-state index >= 15 is 0 Å². The second-order valence-corrected chi connectivity index (χ2v) is 5.36. The number of carbonyl (C=O) groups excluding carboxylic acids is 1. The fourth-order valence-electron chi connectivity index (χ4n) is 2.43. The van der Waals surface area contributed by atoms with Crippen LogP contribution in [0, 0.1) is 5.92 Å². The van der Waals surface area contributed by atoms with E-state index in [1.54, 1.807) is 0 Å². The highest BCUT2D eigenvalue weighted by Crippen LogP contribution is 2.12. The Morgan fingerprint density at radius 2 is 2.21 bits per heavy atom. The smallest absolute Gasteiger partial charge is 0.303 e. The van der Waals surface area contributed by atoms with Crippen molar-refractivity contribution in [3.63, 3.8) is 0 Å². The van der Waals surface area contributed by atoms with Gasteiger partial charge in [0.2, 0.25) is 5.91 Å². The van der Waals surface area contributed by atoms with Gasteiger partial charge in [0.15, 0.2) is 0 Å². The summed E-state index contributed by atoms with van der Waals surface area (Å²) in [6.45, 7) is 3.48. The molecule has 0 radical (unpaired) electrons. The Morgan fingerprint density at radius 3 is 2.79 bits per heavy atom. The van der Waals surface area contributed by atoms with Gasteiger partial charge in [-0.3, -0.25) is 9.59 Å². The number of amides is 1. The normalized spacial score (nSPS) is 20.8. The Morgan fingerprint density at radius 1 is 1.42 bits per heavy atom. The molecule has 1 heterocycles. The standard InChI is InChI=1S/C14H26N2O3/c1-2-11(9-14(18)19)10-16-13(17)7-6-12-5-3-4-8-15-12/h11-12,15H,2-10H2,1H3,(H,16,17)(H,18,19). The fraction of sp³-hybridized carbons (Fsp3) is 0.857. The van der Waals surface area contributed by atoms with Crippen molar-refractivity contribution < 1.29 is 14.7 Å². The lowest BCUT2D eigenvalue weighted by atomic mass is 10.00. The molecule has 2 atom stereocenters. The van der Waals surface area contributed by atoms with Gasteiger partial charge in [-0.2, -0.15) is 0 Å². The largest absolute Gasteiger partial charge is 0.481 e. The zero-order chi connectivity index (χ0) is 14.1. The summed E-state index contributed by atoms with van der Waals surface area (Å²) in [5.41, 5.74) is 0. The lowest BCUT2D eigenvalue weighted by Gasteiger charge is -2.23. The summed E-state index contributed by atoms with van der Waals surface area (Å²) in [6, 6.07) is 0.473. The van der Waals surface area contributed by atoms with Gasteiger partial charge in [-0.05, 0) is 31.7 Å². The number of hydrogen-bond acceptors (Lipinski definition) is 3. The molecule has 1 amide bonds. The van der Waals surface area contributed by atoms with E-state index in [-0.39, 0.29) is 18.2 Å². The number of carbonyl (C=O) groups is 2. The van der Waals surface area contributed by atoms with Gasteiger partial charge in [0.05, 0.1) is 0 Å². The average Bonchev–Trinajstić information content (AvgIpc) is 2.42. The maximum absolute atomic E-state index is 11.7. The zero-order valence-corrected chi connectivity index (χ0v) is 11.8. The van der Waals surface area contributed by atoms with Crippen molar-refractivity contribution in [2.75, 3.05) is 13.1 Å². The molecule has 1 aliphatic rings. The van der Waals surface area contributed by atoms with Crippen molar-refractivity contribution in [3.8, 4) is 0 Å². The first-order valence-electron chi connectivity index (χ1n) is 7.33. The molecule has 1 aliphatic heterocycles. The molecular formula is C14H26N2O3. The highest BCUT2D eigenvalue weighted by atomic mass is 16.4. The predicted octanol–water partition coefficient (Wildman–Crippen LogP) is 1.53. The van der Waals surface area contributed by atoms with Crippen molar-refractivity contribution >= 4 is 11.9 Å². The first-order valence-corrected chi connectivity index (χ1v) is 7.33. The van der Waals surface area contributed by atoms with Crippen LogP contribution in [0.5, 0.6) is 0 Å². The number of nitrogens with one attached hydrogen (secondary N) is 2. The second kappa shape index (κ2) is 8.91. The minimum atomic E-state index is -0.799. The topological polar surface area (TPSA) is 78.4 Å². The van der Waals surface area contributed by atoms with Gasteiger partial charge in [-0.15, -0.1) is 0 Å². The van der Waals surface area contributed by atoms with Gasteiger partial charge in [0.1, 0.15) is 0 Å². The Balaban J connectivity index is 2.13. The van der Waals surface area contributed by atoms with Crippen LogP contribution in [0.15, 0.2) is 0 Å². The molecule has 0 aromatic carbocycles. The van der Waals surface area contributed by atoms with Crippen molar-refractivity contribution in [1.29, 1.82) is 0 Å². The molecule has 0 aromatic rings. The molecule has 0 saturated carbocycles. The maximum Gasteiger partial charge on any atom is 0.303 e. The van der Waals surface area contributed by atoms with Gasteiger partial charge in [0, 0.05) is 25.4 Å². The van der Waals surface area contributed by atoms with E-state index in [0.29, 0.717) is 19.0 Å². The summed E-state index contributed by atoms with van der Waals surface area (Å²) in [7, 11) is 0. The van der Waals surface area contributed by atoms with Crippen molar-refractivity contribution in [1.82, 2.24) is 10.6 Å². The Hall–Kier alpha value is -1.10. The van der Waals surface area contributed by atoms with E-state index in [1.807, 2.05) is 6.92 Å². The molecule has 0 bridgehead atoms. The van der Waals surface area contributed by atoms with Crippen molar-refractivity contribution in [3.05, 3.63) is 0 Å². The number of rotatable bonds is 8. The van der Waals surface area contributed by atoms with Crippen LogP contribution in [0.4, 0.5) is 0 Å². The van der Waals surface area contributed by atoms with Crippen molar-refractivity contribution in [2.45, 2.75) is 57.9 Å². The highest BCUT2D eigenvalue weighted by molar-refractivity contribution is 5.76. The molecule has 2 unspecified atom stereocenters. The molecule has 1 fully saturated rings. The molecule has 1 saturated heterocycles. The van der Waals surface area contributed by atoms with E-state index in [2.05, 4.69) is 10.6 Å². The van der Waals surface area contributed by atoms with Crippen molar-refractivity contribution in [2.24, 2.45) is 5.92 Å². The van der Waals surface area contributed by atoms with Crippen LogP contribution >= 0.6 is 0 Å². The van der Waals surface area contributed by atoms with Gasteiger partial charge < -0.3 is 15.7 Å².